The zero-order valence-electron chi connectivity index (χ0n) is 21.2. The number of anilines is 1. The fourth-order valence-corrected chi connectivity index (χ4v) is 6.02. The number of ether oxygens (including phenoxy) is 3. The molecule has 0 amide bonds. The highest BCUT2D eigenvalue weighted by Crippen LogP contribution is 2.44. The van der Waals surface area contributed by atoms with Gasteiger partial charge in [-0.2, -0.15) is 10.4 Å². The summed E-state index contributed by atoms with van der Waals surface area (Å²) < 4.78 is 36.2. The number of aliphatic hydroxyl groups excluding tert-OH is 2. The Kier molecular flexibility index (Phi) is 10.2. The van der Waals surface area contributed by atoms with Gasteiger partial charge in [0.1, 0.15) is 52.9 Å². The second-order valence-corrected chi connectivity index (χ2v) is 11.0. The summed E-state index contributed by atoms with van der Waals surface area (Å²) in [5.41, 5.74) is 4.15. The lowest BCUT2D eigenvalue weighted by Crippen LogP contribution is -2.43. The molecule has 3 rings (SSSR count). The standard InChI is InChI=1S/C21H29IN7O9P/c1-4-35-19(32)11(2)27-39(34,28-12(3)20(33)36-9-22)37-7-14-16(30)17(31)21(8-23,38-14)15-6-5-13-18(24)25-10-26-29(13)15/h5-6,10-12,14,16-17,30-31H,4,7,9H2,1-3H3,(H2,24,25,26)(H2,27,28,34)/t11-,12-,14+,16+,17+,21-,39?/m0/s1. The first-order valence-electron chi connectivity index (χ1n) is 11.7. The zero-order valence-corrected chi connectivity index (χ0v) is 24.2. The normalized spacial score (nSPS) is 25.9. The van der Waals surface area contributed by atoms with Crippen molar-refractivity contribution in [1.29, 1.82) is 5.26 Å². The van der Waals surface area contributed by atoms with E-state index in [1.165, 1.54) is 30.5 Å². The molecule has 0 bridgehead atoms. The fourth-order valence-electron chi connectivity index (χ4n) is 3.90. The minimum Gasteiger partial charge on any atom is -0.465 e. The number of hydrogen-bond acceptors (Lipinski definition) is 13. The Balaban J connectivity index is 1.85. The molecule has 2 aromatic heterocycles. The van der Waals surface area contributed by atoms with E-state index in [-0.39, 0.29) is 22.7 Å². The lowest BCUT2D eigenvalue weighted by Gasteiger charge is -2.27. The Morgan fingerprint density at radius 1 is 1.31 bits per heavy atom. The van der Waals surface area contributed by atoms with E-state index in [0.717, 1.165) is 6.33 Å². The number of aromatic nitrogens is 3. The molecule has 1 aliphatic heterocycles. The molecular weight excluding hydrogens is 652 g/mol. The number of nitrogens with two attached hydrogens (primary N) is 1. The number of fused-ring (bicyclic) bond motifs is 1. The van der Waals surface area contributed by atoms with Crippen molar-refractivity contribution in [2.75, 3.05) is 23.6 Å². The van der Waals surface area contributed by atoms with Gasteiger partial charge in [0.05, 0.1) is 18.9 Å². The Bertz CT molecular complexity index is 1260. The highest BCUT2D eigenvalue weighted by atomic mass is 127. The van der Waals surface area contributed by atoms with E-state index < -0.39 is 62.2 Å². The first kappa shape index (κ1) is 31.1. The molecule has 0 spiro atoms. The average molecular weight is 681 g/mol. The monoisotopic (exact) mass is 681 g/mol. The molecule has 7 atom stereocenters. The number of rotatable bonds is 12. The summed E-state index contributed by atoms with van der Waals surface area (Å²) in [5.74, 6) is -1.36. The third-order valence-electron chi connectivity index (χ3n) is 5.82. The van der Waals surface area contributed by atoms with Gasteiger partial charge >= 0.3 is 19.6 Å². The molecule has 1 saturated heterocycles. The van der Waals surface area contributed by atoms with Crippen molar-refractivity contribution in [3.8, 4) is 6.07 Å². The molecule has 16 nitrogen and oxygen atoms in total. The molecule has 1 aliphatic rings. The molecule has 39 heavy (non-hydrogen) atoms. The highest BCUT2D eigenvalue weighted by molar-refractivity contribution is 14.1. The number of halogens is 1. The summed E-state index contributed by atoms with van der Waals surface area (Å²) in [6.45, 7) is 3.78. The minimum absolute atomic E-state index is 0.0433. The summed E-state index contributed by atoms with van der Waals surface area (Å²) in [7, 11) is -4.24. The van der Waals surface area contributed by atoms with Crippen LogP contribution < -0.4 is 15.9 Å². The van der Waals surface area contributed by atoms with Gasteiger partial charge < -0.3 is 34.7 Å². The summed E-state index contributed by atoms with van der Waals surface area (Å²) in [5, 5.41) is 40.8. The van der Waals surface area contributed by atoms with E-state index in [9.17, 15) is 29.6 Å². The lowest BCUT2D eigenvalue weighted by atomic mass is 9.92. The number of nitrogens with zero attached hydrogens (tertiary/aromatic N) is 4. The number of nitriles is 1. The highest BCUT2D eigenvalue weighted by Gasteiger charge is 2.58. The molecule has 1 fully saturated rings. The van der Waals surface area contributed by atoms with Crippen LogP contribution >= 0.6 is 30.3 Å². The molecule has 0 aliphatic carbocycles. The van der Waals surface area contributed by atoms with Crippen molar-refractivity contribution >= 4 is 53.5 Å². The van der Waals surface area contributed by atoms with Gasteiger partial charge in [0.2, 0.25) is 5.60 Å². The van der Waals surface area contributed by atoms with E-state index in [0.29, 0.717) is 5.52 Å². The Morgan fingerprint density at radius 3 is 2.54 bits per heavy atom. The smallest absolute Gasteiger partial charge is 0.342 e. The minimum atomic E-state index is -4.24. The third kappa shape index (κ3) is 6.49. The predicted molar refractivity (Wildman–Crippen MR) is 142 cm³/mol. The maximum absolute atomic E-state index is 13.7. The summed E-state index contributed by atoms with van der Waals surface area (Å²) >= 11 is 1.82. The van der Waals surface area contributed by atoms with Crippen molar-refractivity contribution in [3.63, 3.8) is 0 Å². The lowest BCUT2D eigenvalue weighted by molar-refractivity contribution is -0.144. The van der Waals surface area contributed by atoms with Crippen LogP contribution in [0.3, 0.4) is 0 Å². The number of nitrogens with one attached hydrogen (secondary N) is 2. The molecule has 0 aromatic carbocycles. The van der Waals surface area contributed by atoms with Gasteiger partial charge in [0.25, 0.3) is 0 Å². The summed E-state index contributed by atoms with van der Waals surface area (Å²) in [6, 6.07) is 2.58. The topological polar surface area (TPSA) is 233 Å². The Hall–Kier alpha value is -2.43. The average Bonchev–Trinajstić information content (AvgIpc) is 3.44. The van der Waals surface area contributed by atoms with Crippen LogP contribution in [-0.2, 0) is 38.5 Å². The number of hydrogen-bond donors (Lipinski definition) is 5. The molecule has 3 heterocycles. The zero-order chi connectivity index (χ0) is 29.0. The van der Waals surface area contributed by atoms with Crippen molar-refractivity contribution in [3.05, 3.63) is 24.2 Å². The van der Waals surface area contributed by atoms with Crippen LogP contribution in [0.5, 0.6) is 0 Å². The van der Waals surface area contributed by atoms with E-state index >= 15 is 0 Å². The number of alkyl halides is 1. The summed E-state index contributed by atoms with van der Waals surface area (Å²) in [6.07, 6.45) is -3.68. The van der Waals surface area contributed by atoms with Gasteiger partial charge in [0, 0.05) is 0 Å². The molecule has 0 radical (unpaired) electrons. The van der Waals surface area contributed by atoms with Gasteiger partial charge in [0.15, 0.2) is 5.82 Å². The van der Waals surface area contributed by atoms with Crippen LogP contribution in [0.1, 0.15) is 26.5 Å². The van der Waals surface area contributed by atoms with Crippen LogP contribution in [0.25, 0.3) is 5.52 Å². The first-order valence-corrected chi connectivity index (χ1v) is 14.8. The molecular formula is C21H29IN7O9P. The van der Waals surface area contributed by atoms with Crippen molar-refractivity contribution in [2.24, 2.45) is 0 Å². The molecule has 0 saturated carbocycles. The second kappa shape index (κ2) is 12.8. The van der Waals surface area contributed by atoms with Gasteiger partial charge in [-0.3, -0.25) is 14.2 Å². The van der Waals surface area contributed by atoms with E-state index in [2.05, 4.69) is 20.3 Å². The van der Waals surface area contributed by atoms with Crippen molar-refractivity contribution < 1.29 is 43.1 Å². The summed E-state index contributed by atoms with van der Waals surface area (Å²) in [4.78, 5) is 28.2. The maximum atomic E-state index is 13.7. The van der Waals surface area contributed by atoms with E-state index in [4.69, 9.17) is 24.5 Å². The van der Waals surface area contributed by atoms with E-state index in [1.807, 2.05) is 28.7 Å². The number of esters is 2. The predicted octanol–water partition coefficient (Wildman–Crippen LogP) is -0.269. The number of aliphatic hydroxyl groups is 2. The van der Waals surface area contributed by atoms with Crippen LogP contribution in [-0.4, -0.2) is 85.0 Å². The van der Waals surface area contributed by atoms with Crippen LogP contribution in [0.4, 0.5) is 5.82 Å². The maximum Gasteiger partial charge on any atom is 0.342 e. The van der Waals surface area contributed by atoms with Gasteiger partial charge in [-0.05, 0) is 55.5 Å². The van der Waals surface area contributed by atoms with E-state index in [1.54, 1.807) is 6.92 Å². The van der Waals surface area contributed by atoms with Gasteiger partial charge in [-0.15, -0.1) is 0 Å². The van der Waals surface area contributed by atoms with Crippen molar-refractivity contribution in [1.82, 2.24) is 24.8 Å². The Labute approximate surface area is 236 Å². The van der Waals surface area contributed by atoms with Crippen LogP contribution in [0.15, 0.2) is 18.5 Å². The SMILES string of the molecule is CCOC(=O)[C@H](C)NP(=O)(N[C@@H](C)C(=O)OCI)OC[C@H]1O[C@@](C#N)(c2ccc3c(N)ncnn23)[C@H](O)[C@@H]1O. The molecule has 214 valence electrons. The fraction of sp³-hybridized carbons (Fsp3) is 0.571. The number of nitrogen functional groups attached to an aromatic ring is 1. The third-order valence-corrected chi connectivity index (χ3v) is 8.10. The van der Waals surface area contributed by atoms with Gasteiger partial charge in [-0.25, -0.2) is 19.7 Å². The first-order chi connectivity index (χ1) is 18.4. The molecule has 6 N–H and O–H groups in total. The largest absolute Gasteiger partial charge is 0.465 e. The second-order valence-electron chi connectivity index (χ2n) is 8.47. The van der Waals surface area contributed by atoms with Crippen LogP contribution in [0, 0.1) is 11.3 Å². The number of carbonyl (C=O) groups excluding carboxylic acids is 2. The van der Waals surface area contributed by atoms with Crippen molar-refractivity contribution in [2.45, 2.75) is 56.8 Å². The Morgan fingerprint density at radius 2 is 1.95 bits per heavy atom. The van der Waals surface area contributed by atoms with Crippen LogP contribution in [0.2, 0.25) is 0 Å². The molecule has 2 aromatic rings. The quantitative estimate of drug-likeness (QED) is 0.0840. The molecule has 1 unspecified atom stereocenters. The number of carbonyl (C=O) groups is 2. The molecule has 18 heteroatoms. The van der Waals surface area contributed by atoms with Gasteiger partial charge in [-0.1, -0.05) is 0 Å².